The molecule has 116 valence electrons. The van der Waals surface area contributed by atoms with Gasteiger partial charge in [-0.15, -0.1) is 0 Å². The fraction of sp³-hybridized carbons (Fsp3) is 0.353. The van der Waals surface area contributed by atoms with Crippen molar-refractivity contribution in [3.8, 4) is 0 Å². The number of carbonyl (C=O) groups excluding carboxylic acids is 1. The Morgan fingerprint density at radius 3 is 2.50 bits per heavy atom. The van der Waals surface area contributed by atoms with Crippen molar-refractivity contribution >= 4 is 5.91 Å². The van der Waals surface area contributed by atoms with Gasteiger partial charge in [0.1, 0.15) is 0 Å². The van der Waals surface area contributed by atoms with Crippen LogP contribution in [0.2, 0.25) is 0 Å². The van der Waals surface area contributed by atoms with Gasteiger partial charge in [-0.3, -0.25) is 14.8 Å². The summed E-state index contributed by atoms with van der Waals surface area (Å²) in [6.07, 6.45) is 5.16. The van der Waals surface area contributed by atoms with E-state index in [1.54, 1.807) is 30.5 Å². The zero-order valence-corrected chi connectivity index (χ0v) is 13.5. The Balaban J connectivity index is 2.10. The van der Waals surface area contributed by atoms with E-state index >= 15 is 0 Å². The van der Waals surface area contributed by atoms with Crippen LogP contribution < -0.4 is 0 Å². The summed E-state index contributed by atoms with van der Waals surface area (Å²) in [5, 5.41) is 0. The molecule has 22 heavy (non-hydrogen) atoms. The van der Waals surface area contributed by atoms with E-state index in [-0.39, 0.29) is 11.9 Å². The third-order valence-electron chi connectivity index (χ3n) is 3.62. The van der Waals surface area contributed by atoms with E-state index in [1.165, 1.54) is 0 Å². The molecule has 0 saturated heterocycles. The first kappa shape index (κ1) is 16.1. The Morgan fingerprint density at radius 1 is 1.18 bits per heavy atom. The van der Waals surface area contributed by atoms with Gasteiger partial charge in [-0.1, -0.05) is 6.07 Å². The highest BCUT2D eigenvalue weighted by molar-refractivity contribution is 5.94. The molecule has 0 bridgehead atoms. The summed E-state index contributed by atoms with van der Waals surface area (Å²) >= 11 is 0. The van der Waals surface area contributed by atoms with Crippen LogP contribution in [0.3, 0.4) is 0 Å². The third kappa shape index (κ3) is 3.89. The minimum Gasteiger partial charge on any atom is -0.335 e. The summed E-state index contributed by atoms with van der Waals surface area (Å²) in [6, 6.07) is 7.54. The number of hydrogen-bond acceptors (Lipinski definition) is 4. The largest absolute Gasteiger partial charge is 0.335 e. The van der Waals surface area contributed by atoms with Crippen LogP contribution in [0.5, 0.6) is 0 Å². The van der Waals surface area contributed by atoms with Crippen LogP contribution in [0.1, 0.15) is 34.6 Å². The van der Waals surface area contributed by atoms with Gasteiger partial charge < -0.3 is 9.80 Å². The van der Waals surface area contributed by atoms with E-state index in [1.807, 2.05) is 50.2 Å². The molecular formula is C17H22N4O. The highest BCUT2D eigenvalue weighted by Gasteiger charge is 2.19. The first-order valence-electron chi connectivity index (χ1n) is 7.25. The van der Waals surface area contributed by atoms with Gasteiger partial charge in [0.2, 0.25) is 0 Å². The van der Waals surface area contributed by atoms with Crippen molar-refractivity contribution in [2.75, 3.05) is 21.1 Å². The van der Waals surface area contributed by atoms with Crippen molar-refractivity contribution in [1.29, 1.82) is 0 Å². The van der Waals surface area contributed by atoms with Gasteiger partial charge in [-0.2, -0.15) is 0 Å². The summed E-state index contributed by atoms with van der Waals surface area (Å²) < 4.78 is 0. The molecule has 0 N–H and O–H groups in total. The van der Waals surface area contributed by atoms with Crippen molar-refractivity contribution in [3.63, 3.8) is 0 Å². The van der Waals surface area contributed by atoms with Gasteiger partial charge >= 0.3 is 0 Å². The lowest BCUT2D eigenvalue weighted by atomic mass is 10.1. The Morgan fingerprint density at radius 2 is 1.95 bits per heavy atom. The second-order valence-corrected chi connectivity index (χ2v) is 5.65. The second-order valence-electron chi connectivity index (χ2n) is 5.65. The number of carbonyl (C=O) groups is 1. The topological polar surface area (TPSA) is 49.3 Å². The number of rotatable bonds is 5. The quantitative estimate of drug-likeness (QED) is 0.850. The molecule has 0 aliphatic carbocycles. The molecule has 0 aliphatic heterocycles. The molecule has 1 atom stereocenters. The fourth-order valence-electron chi connectivity index (χ4n) is 2.19. The lowest BCUT2D eigenvalue weighted by Crippen LogP contribution is -2.29. The molecule has 5 heteroatoms. The van der Waals surface area contributed by atoms with Crippen molar-refractivity contribution < 1.29 is 4.79 Å². The smallest absolute Gasteiger partial charge is 0.255 e. The molecule has 0 aliphatic rings. The fourth-order valence-corrected chi connectivity index (χ4v) is 2.19. The molecule has 2 aromatic heterocycles. The van der Waals surface area contributed by atoms with E-state index in [9.17, 15) is 4.79 Å². The zero-order valence-electron chi connectivity index (χ0n) is 13.5. The lowest BCUT2D eigenvalue weighted by Gasteiger charge is -2.25. The molecule has 0 aromatic carbocycles. The lowest BCUT2D eigenvalue weighted by molar-refractivity contribution is 0.0742. The van der Waals surface area contributed by atoms with Gasteiger partial charge in [0.25, 0.3) is 5.91 Å². The van der Waals surface area contributed by atoms with Crippen molar-refractivity contribution in [2.24, 2.45) is 0 Å². The normalized spacial score (nSPS) is 12.2. The van der Waals surface area contributed by atoms with Gasteiger partial charge in [0.05, 0.1) is 17.3 Å². The summed E-state index contributed by atoms with van der Waals surface area (Å²) in [5.41, 5.74) is 2.56. The number of amides is 1. The van der Waals surface area contributed by atoms with E-state index in [0.717, 1.165) is 17.8 Å². The van der Waals surface area contributed by atoms with Crippen LogP contribution in [0.15, 0.2) is 42.9 Å². The highest BCUT2D eigenvalue weighted by atomic mass is 16.2. The van der Waals surface area contributed by atoms with Crippen molar-refractivity contribution in [2.45, 2.75) is 19.5 Å². The van der Waals surface area contributed by atoms with Gasteiger partial charge in [-0.05, 0) is 44.8 Å². The third-order valence-corrected chi connectivity index (χ3v) is 3.62. The van der Waals surface area contributed by atoms with Gasteiger partial charge in [-0.25, -0.2) is 0 Å². The van der Waals surface area contributed by atoms with Crippen LogP contribution in [0.4, 0.5) is 0 Å². The Hall–Kier alpha value is -2.27. The molecule has 0 saturated carbocycles. The highest BCUT2D eigenvalue weighted by Crippen LogP contribution is 2.19. The number of nitrogens with zero attached hydrogens (tertiary/aromatic N) is 4. The average Bonchev–Trinajstić information content (AvgIpc) is 2.54. The van der Waals surface area contributed by atoms with E-state index in [2.05, 4.69) is 9.97 Å². The second kappa shape index (κ2) is 7.13. The average molecular weight is 298 g/mol. The van der Waals surface area contributed by atoms with Crippen LogP contribution in [0, 0.1) is 0 Å². The van der Waals surface area contributed by atoms with Crippen molar-refractivity contribution in [3.05, 3.63) is 59.7 Å². The van der Waals surface area contributed by atoms with Crippen LogP contribution >= 0.6 is 0 Å². The summed E-state index contributed by atoms with van der Waals surface area (Å²) in [6.45, 7) is 2.75. The maximum atomic E-state index is 12.5. The maximum absolute atomic E-state index is 12.5. The predicted molar refractivity (Wildman–Crippen MR) is 86.4 cm³/mol. The first-order chi connectivity index (χ1) is 10.5. The molecule has 1 unspecified atom stereocenters. The molecule has 1 amide bonds. The maximum Gasteiger partial charge on any atom is 0.255 e. The number of hydrogen-bond donors (Lipinski definition) is 0. The Labute approximate surface area is 131 Å². The zero-order chi connectivity index (χ0) is 16.1. The molecule has 5 nitrogen and oxygen atoms in total. The molecule has 0 spiro atoms. The Kier molecular flexibility index (Phi) is 5.22. The molecule has 0 radical (unpaired) electrons. The molecule has 2 rings (SSSR count). The minimum atomic E-state index is -0.0414. The first-order valence-corrected chi connectivity index (χ1v) is 7.25. The predicted octanol–water partition coefficient (Wildman–Crippen LogP) is 2.37. The summed E-state index contributed by atoms with van der Waals surface area (Å²) in [4.78, 5) is 24.8. The SMILES string of the molecule is CC(c1cccnc1)N(C)C(=O)c1ccc(CN(C)C)nc1. The molecular weight excluding hydrogens is 276 g/mol. The van der Waals surface area contributed by atoms with Crippen LogP contribution in [0.25, 0.3) is 0 Å². The van der Waals surface area contributed by atoms with E-state index in [0.29, 0.717) is 5.56 Å². The van der Waals surface area contributed by atoms with E-state index < -0.39 is 0 Å². The summed E-state index contributed by atoms with van der Waals surface area (Å²) in [5.74, 6) is -0.0414. The minimum absolute atomic E-state index is 0.0392. The van der Waals surface area contributed by atoms with Gasteiger partial charge in [0.15, 0.2) is 0 Å². The molecule has 2 heterocycles. The van der Waals surface area contributed by atoms with Crippen molar-refractivity contribution in [1.82, 2.24) is 19.8 Å². The standard InChI is InChI=1S/C17H22N4O/c1-13(14-6-5-9-18-10-14)21(4)17(22)15-7-8-16(19-11-15)12-20(2)3/h5-11,13H,12H2,1-4H3. The number of pyridine rings is 2. The molecule has 2 aromatic rings. The summed E-state index contributed by atoms with van der Waals surface area (Å²) in [7, 11) is 5.78. The Bertz CT molecular complexity index is 610. The van der Waals surface area contributed by atoms with Crippen LogP contribution in [-0.2, 0) is 6.54 Å². The van der Waals surface area contributed by atoms with E-state index in [4.69, 9.17) is 0 Å². The monoisotopic (exact) mass is 298 g/mol. The van der Waals surface area contributed by atoms with Crippen LogP contribution in [-0.4, -0.2) is 46.8 Å². The van der Waals surface area contributed by atoms with Gasteiger partial charge in [0, 0.05) is 32.2 Å². The number of aromatic nitrogens is 2. The molecule has 0 fully saturated rings.